The van der Waals surface area contributed by atoms with Crippen molar-refractivity contribution in [2.45, 2.75) is 43.8 Å². The molecule has 0 bridgehead atoms. The van der Waals surface area contributed by atoms with Crippen molar-refractivity contribution in [1.29, 1.82) is 0 Å². The summed E-state index contributed by atoms with van der Waals surface area (Å²) in [4.78, 5) is 12.0. The molecular formula is C21H21F3O6. The van der Waals surface area contributed by atoms with Gasteiger partial charge in [-0.05, 0) is 12.5 Å². The van der Waals surface area contributed by atoms with Crippen molar-refractivity contribution in [2.24, 2.45) is 0 Å². The van der Waals surface area contributed by atoms with Gasteiger partial charge in [-0.15, -0.1) is 0 Å². The maximum absolute atomic E-state index is 13.0. The Morgan fingerprint density at radius 1 is 1.07 bits per heavy atom. The molecule has 0 radical (unpaired) electrons. The third-order valence-electron chi connectivity index (χ3n) is 5.50. The predicted molar refractivity (Wildman–Crippen MR) is 100.0 cm³/mol. The molecule has 6 nitrogen and oxygen atoms in total. The van der Waals surface area contributed by atoms with Gasteiger partial charge in [-0.25, -0.2) is 0 Å². The van der Waals surface area contributed by atoms with E-state index in [2.05, 4.69) is 0 Å². The van der Waals surface area contributed by atoms with Crippen LogP contribution in [0.5, 0.6) is 17.2 Å². The highest BCUT2D eigenvalue weighted by atomic mass is 19.4. The Morgan fingerprint density at radius 2 is 1.80 bits per heavy atom. The lowest BCUT2D eigenvalue weighted by atomic mass is 9.85. The second-order valence-corrected chi connectivity index (χ2v) is 7.21. The molecule has 2 heterocycles. The van der Waals surface area contributed by atoms with E-state index in [0.717, 1.165) is 0 Å². The van der Waals surface area contributed by atoms with Crippen molar-refractivity contribution in [2.75, 3.05) is 21.3 Å². The zero-order valence-electron chi connectivity index (χ0n) is 16.7. The van der Waals surface area contributed by atoms with Gasteiger partial charge < -0.3 is 23.7 Å². The Morgan fingerprint density at radius 3 is 2.43 bits per heavy atom. The molecule has 0 spiro atoms. The van der Waals surface area contributed by atoms with Crippen LogP contribution in [0.4, 0.5) is 13.2 Å². The highest BCUT2D eigenvalue weighted by Gasteiger charge is 2.48. The molecule has 1 fully saturated rings. The molecule has 0 aromatic heterocycles. The minimum absolute atomic E-state index is 0.0335. The topological polar surface area (TPSA) is 63.2 Å². The fourth-order valence-electron chi connectivity index (χ4n) is 4.37. The number of halogens is 3. The van der Waals surface area contributed by atoms with Gasteiger partial charge in [0, 0.05) is 22.9 Å². The standard InChI is InChI=1S/C21H21F3O6/c1-26-11-6-4-5-10-15(11)20(28-3)16-12(7-8-21(22,23)24)29-13-9-14(25)30-19(13)17(16)18(10)27-2/h4-6,12-13,19H,7-9H2,1-3H3/t12-,13+,19-/m0/s1. The second kappa shape index (κ2) is 7.54. The highest BCUT2D eigenvalue weighted by Crippen LogP contribution is 2.56. The Labute approximate surface area is 170 Å². The van der Waals surface area contributed by atoms with Gasteiger partial charge in [-0.2, -0.15) is 13.2 Å². The number of esters is 1. The number of hydrogen-bond acceptors (Lipinski definition) is 6. The van der Waals surface area contributed by atoms with Crippen molar-refractivity contribution in [3.63, 3.8) is 0 Å². The van der Waals surface area contributed by atoms with Crippen LogP contribution in [-0.2, 0) is 14.3 Å². The van der Waals surface area contributed by atoms with Gasteiger partial charge in [-0.1, -0.05) is 12.1 Å². The van der Waals surface area contributed by atoms with Crippen LogP contribution in [-0.4, -0.2) is 39.6 Å². The van der Waals surface area contributed by atoms with Crippen LogP contribution in [0.15, 0.2) is 18.2 Å². The Bertz CT molecular complexity index is 987. The van der Waals surface area contributed by atoms with Gasteiger partial charge >= 0.3 is 12.1 Å². The molecular weight excluding hydrogens is 405 g/mol. The van der Waals surface area contributed by atoms with Gasteiger partial charge in [0.2, 0.25) is 0 Å². The summed E-state index contributed by atoms with van der Waals surface area (Å²) < 4.78 is 67.3. The van der Waals surface area contributed by atoms with Gasteiger partial charge in [0.25, 0.3) is 0 Å². The van der Waals surface area contributed by atoms with E-state index in [-0.39, 0.29) is 12.8 Å². The average Bonchev–Trinajstić information content (AvgIpc) is 3.09. The van der Waals surface area contributed by atoms with Gasteiger partial charge in [0.1, 0.15) is 23.4 Å². The SMILES string of the molecule is COc1c2c(c(OC)c3c(OC)cccc13)[C@H](CCC(F)(F)F)O[C@@H]1CC(=O)O[C@H]21. The number of carbonyl (C=O) groups is 1. The first kappa shape index (κ1) is 20.6. The molecule has 2 aromatic rings. The number of alkyl halides is 3. The van der Waals surface area contributed by atoms with Crippen LogP contribution >= 0.6 is 0 Å². The van der Waals surface area contributed by atoms with E-state index in [0.29, 0.717) is 39.1 Å². The molecule has 1 saturated heterocycles. The van der Waals surface area contributed by atoms with Crippen LogP contribution in [0, 0.1) is 0 Å². The summed E-state index contributed by atoms with van der Waals surface area (Å²) in [5, 5.41) is 1.20. The second-order valence-electron chi connectivity index (χ2n) is 7.21. The van der Waals surface area contributed by atoms with Crippen LogP contribution in [0.25, 0.3) is 10.8 Å². The zero-order valence-corrected chi connectivity index (χ0v) is 16.7. The lowest BCUT2D eigenvalue weighted by Gasteiger charge is -2.36. The lowest BCUT2D eigenvalue weighted by Crippen LogP contribution is -2.29. The van der Waals surface area contributed by atoms with Crippen molar-refractivity contribution < 1.29 is 41.7 Å². The molecule has 162 valence electrons. The van der Waals surface area contributed by atoms with Gasteiger partial charge in [-0.3, -0.25) is 4.79 Å². The highest BCUT2D eigenvalue weighted by molar-refractivity contribution is 6.01. The summed E-state index contributed by atoms with van der Waals surface area (Å²) in [5.74, 6) is 0.737. The summed E-state index contributed by atoms with van der Waals surface area (Å²) in [6, 6.07) is 5.29. The number of methoxy groups -OCH3 is 3. The Balaban J connectivity index is 2.02. The first-order chi connectivity index (χ1) is 14.3. The van der Waals surface area contributed by atoms with E-state index in [4.69, 9.17) is 23.7 Å². The van der Waals surface area contributed by atoms with E-state index >= 15 is 0 Å². The smallest absolute Gasteiger partial charge is 0.389 e. The van der Waals surface area contributed by atoms with Gasteiger partial charge in [0.05, 0.1) is 39.2 Å². The molecule has 0 N–H and O–H groups in total. The number of rotatable bonds is 5. The Hall–Kier alpha value is -2.68. The van der Waals surface area contributed by atoms with Crippen molar-refractivity contribution >= 4 is 16.7 Å². The molecule has 2 aliphatic heterocycles. The minimum atomic E-state index is -4.35. The molecule has 30 heavy (non-hydrogen) atoms. The van der Waals surface area contributed by atoms with Crippen LogP contribution in [0.3, 0.4) is 0 Å². The molecule has 0 unspecified atom stereocenters. The van der Waals surface area contributed by atoms with E-state index in [1.165, 1.54) is 21.3 Å². The molecule has 0 aliphatic carbocycles. The van der Waals surface area contributed by atoms with E-state index < -0.39 is 36.9 Å². The quantitative estimate of drug-likeness (QED) is 0.650. The molecule has 0 saturated carbocycles. The number of fused-ring (bicyclic) bond motifs is 4. The maximum Gasteiger partial charge on any atom is 0.389 e. The van der Waals surface area contributed by atoms with Crippen LogP contribution in [0.1, 0.15) is 42.6 Å². The van der Waals surface area contributed by atoms with Crippen molar-refractivity contribution in [1.82, 2.24) is 0 Å². The van der Waals surface area contributed by atoms with E-state index in [1.807, 2.05) is 0 Å². The van der Waals surface area contributed by atoms with E-state index in [9.17, 15) is 18.0 Å². The van der Waals surface area contributed by atoms with Crippen LogP contribution in [0.2, 0.25) is 0 Å². The fraction of sp³-hybridized carbons (Fsp3) is 0.476. The normalized spacial score (nSPS) is 23.0. The third-order valence-corrected chi connectivity index (χ3v) is 5.50. The number of carbonyl (C=O) groups excluding carboxylic acids is 1. The molecule has 3 atom stereocenters. The summed E-state index contributed by atoms with van der Waals surface area (Å²) in [7, 11) is 4.39. The number of hydrogen-bond donors (Lipinski definition) is 0. The van der Waals surface area contributed by atoms with Gasteiger partial charge in [0.15, 0.2) is 6.10 Å². The average molecular weight is 426 g/mol. The number of ether oxygens (including phenoxy) is 5. The molecule has 0 amide bonds. The monoisotopic (exact) mass is 426 g/mol. The van der Waals surface area contributed by atoms with Crippen LogP contribution < -0.4 is 14.2 Å². The first-order valence-electron chi connectivity index (χ1n) is 9.45. The third kappa shape index (κ3) is 3.30. The fourth-order valence-corrected chi connectivity index (χ4v) is 4.37. The summed E-state index contributed by atoms with van der Waals surface area (Å²) in [6.45, 7) is 0. The predicted octanol–water partition coefficient (Wildman–Crippen LogP) is 4.64. The maximum atomic E-state index is 13.0. The molecule has 4 rings (SSSR count). The largest absolute Gasteiger partial charge is 0.496 e. The lowest BCUT2D eigenvalue weighted by molar-refractivity contribution is -0.150. The zero-order chi connectivity index (χ0) is 21.6. The van der Waals surface area contributed by atoms with Crippen molar-refractivity contribution in [3.05, 3.63) is 29.3 Å². The summed E-state index contributed by atoms with van der Waals surface area (Å²) in [6.07, 6.45) is -8.18. The number of benzene rings is 2. The summed E-state index contributed by atoms with van der Waals surface area (Å²) in [5.41, 5.74) is 0.885. The first-order valence-corrected chi connectivity index (χ1v) is 9.45. The Kier molecular flexibility index (Phi) is 5.17. The summed E-state index contributed by atoms with van der Waals surface area (Å²) >= 11 is 0. The molecule has 2 aliphatic rings. The van der Waals surface area contributed by atoms with Crippen molar-refractivity contribution in [3.8, 4) is 17.2 Å². The minimum Gasteiger partial charge on any atom is -0.496 e. The van der Waals surface area contributed by atoms with E-state index in [1.54, 1.807) is 18.2 Å². The molecule has 2 aromatic carbocycles. The molecule has 9 heteroatoms.